The van der Waals surface area contributed by atoms with Crippen molar-refractivity contribution in [3.05, 3.63) is 40.3 Å². The number of thiazole rings is 2. The smallest absolute Gasteiger partial charge is 0.184 e. The van der Waals surface area contributed by atoms with Crippen LogP contribution in [0.3, 0.4) is 0 Å². The maximum absolute atomic E-state index is 4.59. The number of nitrogens with zero attached hydrogens (tertiary/aromatic N) is 2. The zero-order valence-corrected chi connectivity index (χ0v) is 12.5. The van der Waals surface area contributed by atoms with E-state index in [1.54, 1.807) is 22.7 Å². The van der Waals surface area contributed by atoms with Gasteiger partial charge in [0.15, 0.2) is 5.13 Å². The van der Waals surface area contributed by atoms with Crippen molar-refractivity contribution in [3.63, 3.8) is 0 Å². The topological polar surface area (TPSA) is 37.8 Å². The van der Waals surface area contributed by atoms with Crippen LogP contribution < -0.4 is 5.32 Å². The summed E-state index contributed by atoms with van der Waals surface area (Å²) in [6, 6.07) is 8.40. The maximum Gasteiger partial charge on any atom is 0.184 e. The number of hydrogen-bond acceptors (Lipinski definition) is 5. The predicted molar refractivity (Wildman–Crippen MR) is 83.1 cm³/mol. The molecule has 98 valence electrons. The monoisotopic (exact) mass is 289 g/mol. The summed E-state index contributed by atoms with van der Waals surface area (Å²) in [7, 11) is 0. The molecule has 0 saturated carbocycles. The number of anilines is 1. The molecule has 0 aliphatic rings. The first-order valence-corrected chi connectivity index (χ1v) is 7.96. The van der Waals surface area contributed by atoms with E-state index in [4.69, 9.17) is 0 Å². The van der Waals surface area contributed by atoms with E-state index in [0.29, 0.717) is 0 Å². The lowest BCUT2D eigenvalue weighted by atomic mass is 10.3. The number of benzene rings is 1. The third-order valence-electron chi connectivity index (χ3n) is 2.92. The summed E-state index contributed by atoms with van der Waals surface area (Å²) in [6.07, 6.45) is 3.02. The van der Waals surface area contributed by atoms with Crippen molar-refractivity contribution < 1.29 is 0 Å². The van der Waals surface area contributed by atoms with E-state index in [2.05, 4.69) is 35.2 Å². The number of aromatic nitrogens is 2. The largest absolute Gasteiger partial charge is 0.353 e. The van der Waals surface area contributed by atoms with E-state index in [1.807, 2.05) is 24.4 Å². The van der Waals surface area contributed by atoms with E-state index in [1.165, 1.54) is 9.58 Å². The number of aryl methyl sites for hydroxylation is 1. The van der Waals surface area contributed by atoms with E-state index >= 15 is 0 Å². The molecular formula is C14H15N3S2. The Kier molecular flexibility index (Phi) is 3.48. The Morgan fingerprint density at radius 1 is 1.26 bits per heavy atom. The summed E-state index contributed by atoms with van der Waals surface area (Å²) >= 11 is 3.46. The van der Waals surface area contributed by atoms with Gasteiger partial charge in [-0.05, 0) is 25.5 Å². The Morgan fingerprint density at radius 2 is 2.11 bits per heavy atom. The molecule has 3 nitrogen and oxygen atoms in total. The van der Waals surface area contributed by atoms with Gasteiger partial charge in [0.1, 0.15) is 5.01 Å². The van der Waals surface area contributed by atoms with Crippen molar-refractivity contribution in [2.24, 2.45) is 0 Å². The lowest BCUT2D eigenvalue weighted by Gasteiger charge is -2.08. The minimum absolute atomic E-state index is 0.200. The van der Waals surface area contributed by atoms with Crippen LogP contribution in [0.1, 0.15) is 29.8 Å². The van der Waals surface area contributed by atoms with Crippen LogP contribution in [-0.2, 0) is 6.42 Å². The molecule has 0 aliphatic heterocycles. The second-order valence-electron chi connectivity index (χ2n) is 4.37. The zero-order valence-electron chi connectivity index (χ0n) is 10.9. The highest BCUT2D eigenvalue weighted by molar-refractivity contribution is 7.22. The van der Waals surface area contributed by atoms with Crippen LogP contribution in [0.5, 0.6) is 0 Å². The van der Waals surface area contributed by atoms with Gasteiger partial charge >= 0.3 is 0 Å². The van der Waals surface area contributed by atoms with Gasteiger partial charge in [0.2, 0.25) is 0 Å². The van der Waals surface area contributed by atoms with Crippen molar-refractivity contribution in [3.8, 4) is 0 Å². The van der Waals surface area contributed by atoms with Crippen molar-refractivity contribution >= 4 is 38.0 Å². The van der Waals surface area contributed by atoms with Gasteiger partial charge in [0, 0.05) is 11.1 Å². The summed E-state index contributed by atoms with van der Waals surface area (Å²) in [4.78, 5) is 10.4. The van der Waals surface area contributed by atoms with E-state index < -0.39 is 0 Å². The minimum atomic E-state index is 0.200. The molecule has 0 radical (unpaired) electrons. The van der Waals surface area contributed by atoms with Gasteiger partial charge in [-0.2, -0.15) is 0 Å². The quantitative estimate of drug-likeness (QED) is 0.769. The molecule has 0 fully saturated rings. The Hall–Kier alpha value is -1.46. The predicted octanol–water partition coefficient (Wildman–Crippen LogP) is 4.49. The fourth-order valence-electron chi connectivity index (χ4n) is 1.87. The van der Waals surface area contributed by atoms with Crippen molar-refractivity contribution in [2.45, 2.75) is 26.3 Å². The fourth-order valence-corrected chi connectivity index (χ4v) is 3.68. The average Bonchev–Trinajstić information content (AvgIpc) is 3.04. The van der Waals surface area contributed by atoms with Crippen LogP contribution in [0.25, 0.3) is 10.2 Å². The number of nitrogens with one attached hydrogen (secondary N) is 1. The Balaban J connectivity index is 1.80. The molecule has 19 heavy (non-hydrogen) atoms. The number of fused-ring (bicyclic) bond motifs is 1. The third kappa shape index (κ3) is 2.62. The highest BCUT2D eigenvalue weighted by Crippen LogP contribution is 2.29. The van der Waals surface area contributed by atoms with E-state index in [-0.39, 0.29) is 6.04 Å². The summed E-state index contributed by atoms with van der Waals surface area (Å²) in [5, 5.41) is 5.52. The van der Waals surface area contributed by atoms with Crippen LogP contribution in [-0.4, -0.2) is 9.97 Å². The normalized spacial score (nSPS) is 12.7. The van der Waals surface area contributed by atoms with Crippen LogP contribution in [0.15, 0.2) is 30.5 Å². The Bertz CT molecular complexity index is 654. The molecule has 0 aliphatic carbocycles. The molecule has 3 aromatic rings. The Morgan fingerprint density at radius 3 is 2.84 bits per heavy atom. The first kappa shape index (κ1) is 12.6. The zero-order chi connectivity index (χ0) is 13.2. The lowest BCUT2D eigenvalue weighted by molar-refractivity contribution is 0.867. The molecule has 0 spiro atoms. The van der Waals surface area contributed by atoms with Gasteiger partial charge in [-0.25, -0.2) is 9.97 Å². The fraction of sp³-hybridized carbons (Fsp3) is 0.286. The van der Waals surface area contributed by atoms with Gasteiger partial charge in [-0.15, -0.1) is 11.3 Å². The molecular weight excluding hydrogens is 274 g/mol. The maximum atomic E-state index is 4.59. The summed E-state index contributed by atoms with van der Waals surface area (Å²) in [5.74, 6) is 0. The molecule has 5 heteroatoms. The average molecular weight is 289 g/mol. The first-order valence-electron chi connectivity index (χ1n) is 6.33. The van der Waals surface area contributed by atoms with E-state index in [9.17, 15) is 0 Å². The number of para-hydroxylation sites is 1. The standard InChI is InChI=1S/C14H15N3S2/c1-3-10-8-15-13(18-10)9(2)16-14-17-11-6-4-5-7-12(11)19-14/h4-9H,3H2,1-2H3,(H,16,17). The summed E-state index contributed by atoms with van der Waals surface area (Å²) in [5.41, 5.74) is 1.05. The molecule has 1 N–H and O–H groups in total. The van der Waals surface area contributed by atoms with Crippen molar-refractivity contribution in [1.82, 2.24) is 9.97 Å². The molecule has 2 heterocycles. The molecule has 2 aromatic heterocycles. The molecule has 0 saturated heterocycles. The number of hydrogen-bond donors (Lipinski definition) is 1. The van der Waals surface area contributed by atoms with Crippen LogP contribution in [0.4, 0.5) is 5.13 Å². The number of rotatable bonds is 4. The third-order valence-corrected chi connectivity index (χ3v) is 5.22. The van der Waals surface area contributed by atoms with Crippen LogP contribution in [0.2, 0.25) is 0 Å². The molecule has 3 rings (SSSR count). The van der Waals surface area contributed by atoms with Crippen molar-refractivity contribution in [2.75, 3.05) is 5.32 Å². The second kappa shape index (κ2) is 5.27. The summed E-state index contributed by atoms with van der Waals surface area (Å²) < 4.78 is 1.21. The molecule has 0 bridgehead atoms. The molecule has 0 amide bonds. The van der Waals surface area contributed by atoms with Gasteiger partial charge < -0.3 is 5.32 Å². The van der Waals surface area contributed by atoms with Gasteiger partial charge in [0.05, 0.1) is 16.3 Å². The summed E-state index contributed by atoms with van der Waals surface area (Å²) in [6.45, 7) is 4.28. The van der Waals surface area contributed by atoms with Crippen LogP contribution in [0, 0.1) is 0 Å². The van der Waals surface area contributed by atoms with Gasteiger partial charge in [-0.1, -0.05) is 30.4 Å². The second-order valence-corrected chi connectivity index (χ2v) is 6.55. The molecule has 1 atom stereocenters. The Labute approximate surface area is 120 Å². The molecule has 1 unspecified atom stereocenters. The highest BCUT2D eigenvalue weighted by atomic mass is 32.1. The molecule has 1 aromatic carbocycles. The van der Waals surface area contributed by atoms with Gasteiger partial charge in [-0.3, -0.25) is 0 Å². The van der Waals surface area contributed by atoms with Crippen LogP contribution >= 0.6 is 22.7 Å². The van der Waals surface area contributed by atoms with Crippen molar-refractivity contribution in [1.29, 1.82) is 0 Å². The first-order chi connectivity index (χ1) is 9.26. The van der Waals surface area contributed by atoms with Gasteiger partial charge in [0.25, 0.3) is 0 Å². The minimum Gasteiger partial charge on any atom is -0.353 e. The van der Waals surface area contributed by atoms with E-state index in [0.717, 1.165) is 22.1 Å². The lowest BCUT2D eigenvalue weighted by Crippen LogP contribution is -2.05. The SMILES string of the molecule is CCc1cnc(C(C)Nc2nc3ccccc3s2)s1. The highest BCUT2D eigenvalue weighted by Gasteiger charge is 2.12.